The quantitative estimate of drug-likeness (QED) is 0.668. The van der Waals surface area contributed by atoms with E-state index in [2.05, 4.69) is 5.32 Å². The highest BCUT2D eigenvalue weighted by Crippen LogP contribution is 2.17. The number of benzene rings is 1. The molecule has 1 aromatic rings. The molecule has 3 N–H and O–H groups in total. The summed E-state index contributed by atoms with van der Waals surface area (Å²) in [6.45, 7) is 1.80. The molecule has 0 unspecified atom stereocenters. The molecule has 106 valence electrons. The van der Waals surface area contributed by atoms with Crippen LogP contribution in [0.25, 0.3) is 0 Å². The van der Waals surface area contributed by atoms with Crippen LogP contribution < -0.4 is 15.8 Å². The first-order valence-electron chi connectivity index (χ1n) is 6.48. The third-order valence-corrected chi connectivity index (χ3v) is 2.49. The van der Waals surface area contributed by atoms with Gasteiger partial charge >= 0.3 is 0 Å². The first-order valence-corrected chi connectivity index (χ1v) is 6.48. The van der Waals surface area contributed by atoms with E-state index in [0.29, 0.717) is 32.6 Å². The second kappa shape index (κ2) is 9.35. The summed E-state index contributed by atoms with van der Waals surface area (Å²) in [5.41, 5.74) is 6.11. The minimum absolute atomic E-state index is 0.0259. The Hall–Kier alpha value is -1.59. The zero-order valence-electron chi connectivity index (χ0n) is 11.4. The Labute approximate surface area is 114 Å². The number of nitrogens with one attached hydrogen (secondary N) is 1. The van der Waals surface area contributed by atoms with Gasteiger partial charge in [0.2, 0.25) is 5.91 Å². The average molecular weight is 266 g/mol. The van der Waals surface area contributed by atoms with Crippen molar-refractivity contribution < 1.29 is 14.3 Å². The number of ether oxygens (including phenoxy) is 2. The van der Waals surface area contributed by atoms with Gasteiger partial charge < -0.3 is 20.5 Å². The van der Waals surface area contributed by atoms with Crippen LogP contribution in [0.1, 0.15) is 19.3 Å². The number of hydrogen-bond acceptors (Lipinski definition) is 4. The van der Waals surface area contributed by atoms with Crippen LogP contribution in [-0.2, 0) is 9.53 Å². The summed E-state index contributed by atoms with van der Waals surface area (Å²) in [5.74, 6) is 0.717. The number of carbonyl (C=O) groups excluding carboxylic acids is 1. The molecule has 19 heavy (non-hydrogen) atoms. The molecule has 1 aromatic carbocycles. The highest BCUT2D eigenvalue weighted by atomic mass is 16.5. The first kappa shape index (κ1) is 15.5. The van der Waals surface area contributed by atoms with Gasteiger partial charge in [-0.3, -0.25) is 4.79 Å². The fourth-order valence-electron chi connectivity index (χ4n) is 1.54. The Morgan fingerprint density at radius 2 is 2.16 bits per heavy atom. The van der Waals surface area contributed by atoms with Gasteiger partial charge in [-0.15, -0.1) is 0 Å². The predicted octanol–water partition coefficient (Wildman–Crippen LogP) is 1.78. The second-order valence-electron chi connectivity index (χ2n) is 4.16. The Bertz CT molecular complexity index is 383. The molecule has 0 aliphatic heterocycles. The number of amides is 1. The summed E-state index contributed by atoms with van der Waals surface area (Å²) in [7, 11) is 1.66. The van der Waals surface area contributed by atoms with Crippen molar-refractivity contribution in [2.75, 3.05) is 32.2 Å². The van der Waals surface area contributed by atoms with E-state index in [4.69, 9.17) is 15.2 Å². The SMILES string of the molecule is COCCCOc1cccc(NC(=O)CCCN)c1. The topological polar surface area (TPSA) is 73.6 Å². The molecule has 0 atom stereocenters. The van der Waals surface area contributed by atoms with Crippen molar-refractivity contribution in [2.24, 2.45) is 5.73 Å². The van der Waals surface area contributed by atoms with E-state index in [9.17, 15) is 4.79 Å². The van der Waals surface area contributed by atoms with Crippen LogP contribution in [0.5, 0.6) is 5.75 Å². The summed E-state index contributed by atoms with van der Waals surface area (Å²) in [6.07, 6.45) is 1.97. The molecule has 0 saturated carbocycles. The molecule has 0 heterocycles. The maximum atomic E-state index is 11.6. The number of rotatable bonds is 9. The second-order valence-corrected chi connectivity index (χ2v) is 4.16. The van der Waals surface area contributed by atoms with Gasteiger partial charge in [0.1, 0.15) is 5.75 Å². The molecule has 1 amide bonds. The number of methoxy groups -OCH3 is 1. The average Bonchev–Trinajstić information content (AvgIpc) is 2.42. The lowest BCUT2D eigenvalue weighted by Gasteiger charge is -2.09. The molecular weight excluding hydrogens is 244 g/mol. The third-order valence-electron chi connectivity index (χ3n) is 2.49. The first-order chi connectivity index (χ1) is 9.26. The van der Waals surface area contributed by atoms with Gasteiger partial charge in [-0.25, -0.2) is 0 Å². The molecular formula is C14H22N2O3. The smallest absolute Gasteiger partial charge is 0.224 e. The van der Waals surface area contributed by atoms with Gasteiger partial charge in [0.25, 0.3) is 0 Å². The maximum Gasteiger partial charge on any atom is 0.224 e. The van der Waals surface area contributed by atoms with E-state index in [-0.39, 0.29) is 5.91 Å². The molecule has 0 radical (unpaired) electrons. The Morgan fingerprint density at radius 1 is 1.32 bits per heavy atom. The Morgan fingerprint density at radius 3 is 2.89 bits per heavy atom. The summed E-state index contributed by atoms with van der Waals surface area (Å²) in [6, 6.07) is 7.36. The lowest BCUT2D eigenvalue weighted by atomic mass is 10.2. The van der Waals surface area contributed by atoms with E-state index in [1.165, 1.54) is 0 Å². The fraction of sp³-hybridized carbons (Fsp3) is 0.500. The molecule has 1 rings (SSSR count). The highest BCUT2D eigenvalue weighted by molar-refractivity contribution is 5.90. The summed E-state index contributed by atoms with van der Waals surface area (Å²) >= 11 is 0. The maximum absolute atomic E-state index is 11.6. The van der Waals surface area contributed by atoms with Gasteiger partial charge in [0.15, 0.2) is 0 Å². The van der Waals surface area contributed by atoms with Gasteiger partial charge in [0, 0.05) is 38.3 Å². The summed E-state index contributed by atoms with van der Waals surface area (Å²) in [5, 5.41) is 2.82. The molecule has 0 saturated heterocycles. The number of carbonyl (C=O) groups is 1. The van der Waals surface area contributed by atoms with Crippen molar-refractivity contribution in [3.8, 4) is 5.75 Å². The number of anilines is 1. The standard InChI is InChI=1S/C14H22N2O3/c1-18-9-4-10-19-13-6-2-5-12(11-13)16-14(17)7-3-8-15/h2,5-6,11H,3-4,7-10,15H2,1H3,(H,16,17). The van der Waals surface area contributed by atoms with E-state index in [1.54, 1.807) is 7.11 Å². The van der Waals surface area contributed by atoms with Crippen LogP contribution >= 0.6 is 0 Å². The van der Waals surface area contributed by atoms with Gasteiger partial charge in [0.05, 0.1) is 6.61 Å². The highest BCUT2D eigenvalue weighted by Gasteiger charge is 2.02. The molecule has 5 nitrogen and oxygen atoms in total. The van der Waals surface area contributed by atoms with E-state index < -0.39 is 0 Å². The Kier molecular flexibility index (Phi) is 7.62. The molecule has 0 fully saturated rings. The van der Waals surface area contributed by atoms with Crippen molar-refractivity contribution in [2.45, 2.75) is 19.3 Å². The van der Waals surface area contributed by atoms with E-state index in [0.717, 1.165) is 17.9 Å². The van der Waals surface area contributed by atoms with Crippen molar-refractivity contribution >= 4 is 11.6 Å². The summed E-state index contributed by atoms with van der Waals surface area (Å²) in [4.78, 5) is 11.6. The van der Waals surface area contributed by atoms with Crippen molar-refractivity contribution in [1.82, 2.24) is 0 Å². The zero-order valence-corrected chi connectivity index (χ0v) is 11.4. The minimum Gasteiger partial charge on any atom is -0.493 e. The monoisotopic (exact) mass is 266 g/mol. The molecule has 0 bridgehead atoms. The predicted molar refractivity (Wildman–Crippen MR) is 75.3 cm³/mol. The van der Waals surface area contributed by atoms with Crippen LogP contribution in [0.2, 0.25) is 0 Å². The Balaban J connectivity index is 2.40. The van der Waals surface area contributed by atoms with Crippen LogP contribution in [0.3, 0.4) is 0 Å². The van der Waals surface area contributed by atoms with Crippen LogP contribution in [-0.4, -0.2) is 32.8 Å². The van der Waals surface area contributed by atoms with Gasteiger partial charge in [-0.05, 0) is 25.1 Å². The van der Waals surface area contributed by atoms with Gasteiger partial charge in [-0.1, -0.05) is 6.07 Å². The lowest BCUT2D eigenvalue weighted by Crippen LogP contribution is -2.13. The van der Waals surface area contributed by atoms with Crippen LogP contribution in [0.15, 0.2) is 24.3 Å². The number of nitrogens with two attached hydrogens (primary N) is 1. The van der Waals surface area contributed by atoms with Crippen LogP contribution in [0, 0.1) is 0 Å². The summed E-state index contributed by atoms with van der Waals surface area (Å²) < 4.78 is 10.5. The molecule has 5 heteroatoms. The van der Waals surface area contributed by atoms with E-state index >= 15 is 0 Å². The minimum atomic E-state index is -0.0259. The third kappa shape index (κ3) is 6.79. The number of hydrogen-bond donors (Lipinski definition) is 2. The molecule has 0 aromatic heterocycles. The fourth-order valence-corrected chi connectivity index (χ4v) is 1.54. The van der Waals surface area contributed by atoms with Crippen LogP contribution in [0.4, 0.5) is 5.69 Å². The molecule has 0 spiro atoms. The molecule has 0 aliphatic carbocycles. The lowest BCUT2D eigenvalue weighted by molar-refractivity contribution is -0.116. The normalized spacial score (nSPS) is 10.2. The largest absolute Gasteiger partial charge is 0.493 e. The van der Waals surface area contributed by atoms with Crippen molar-refractivity contribution in [1.29, 1.82) is 0 Å². The zero-order chi connectivity index (χ0) is 13.9. The van der Waals surface area contributed by atoms with Crippen molar-refractivity contribution in [3.05, 3.63) is 24.3 Å². The van der Waals surface area contributed by atoms with E-state index in [1.807, 2.05) is 24.3 Å². The molecule has 0 aliphatic rings. The van der Waals surface area contributed by atoms with Gasteiger partial charge in [-0.2, -0.15) is 0 Å². The van der Waals surface area contributed by atoms with Crippen molar-refractivity contribution in [3.63, 3.8) is 0 Å².